The number of β-amino-alcohol motifs (C(OH)–C–C–N with tert-alkyl or cyclic N) is 1. The number of nitrogens with one attached hydrogen (secondary N) is 4. The molecule has 0 bridgehead atoms. The minimum Gasteiger partial charge on any atom is -0.494 e. The van der Waals surface area contributed by atoms with Gasteiger partial charge in [-0.1, -0.05) is 63.9 Å². The van der Waals surface area contributed by atoms with Crippen LogP contribution in [0.4, 0.5) is 10.1 Å². The third-order valence-electron chi connectivity index (χ3n) is 13.9. The number of unbranched alkanes of at least 4 members (excludes halogenated alkanes) is 5. The first-order valence-electron chi connectivity index (χ1n) is 28.1. The van der Waals surface area contributed by atoms with Gasteiger partial charge in [0.15, 0.2) is 11.6 Å². The quantitative estimate of drug-likeness (QED) is 0.0247. The number of carbonyl (C=O) groups is 4. The van der Waals surface area contributed by atoms with Gasteiger partial charge in [0, 0.05) is 75.7 Å². The van der Waals surface area contributed by atoms with Gasteiger partial charge in [0.1, 0.15) is 35.7 Å². The summed E-state index contributed by atoms with van der Waals surface area (Å²) in [5.41, 5.74) is 6.22. The van der Waals surface area contributed by atoms with E-state index in [4.69, 9.17) is 18.9 Å². The number of aryl methyl sites for hydroxylation is 1. The van der Waals surface area contributed by atoms with E-state index in [0.29, 0.717) is 99.1 Å². The number of aromatic nitrogens is 6. The number of ether oxygens (including phenoxy) is 4. The Balaban J connectivity index is 0.668. The van der Waals surface area contributed by atoms with Crippen LogP contribution in [-0.4, -0.2) is 134 Å². The fourth-order valence-electron chi connectivity index (χ4n) is 9.24. The van der Waals surface area contributed by atoms with Crippen LogP contribution in [-0.2, 0) is 55.3 Å². The van der Waals surface area contributed by atoms with Gasteiger partial charge >= 0.3 is 0 Å². The van der Waals surface area contributed by atoms with E-state index in [2.05, 4.69) is 46.4 Å². The predicted molar refractivity (Wildman–Crippen MR) is 310 cm³/mol. The Hall–Kier alpha value is -7.24. The number of anilines is 1. The number of amides is 4. The number of carbonyl (C=O) groups excluding carboxylic acids is 4. The summed E-state index contributed by atoms with van der Waals surface area (Å²) in [6.07, 6.45) is 8.45. The molecule has 0 aliphatic carbocycles. The lowest BCUT2D eigenvalue weighted by molar-refractivity contribution is -0.144. The molecule has 6 aromatic rings. The van der Waals surface area contributed by atoms with Crippen molar-refractivity contribution in [1.82, 2.24) is 50.6 Å². The predicted octanol–water partition coefficient (Wildman–Crippen LogP) is 7.74. The fraction of sp³-hybridized carbons (Fsp3) is 0.483. The van der Waals surface area contributed by atoms with Gasteiger partial charge in [0.05, 0.1) is 61.8 Å². The van der Waals surface area contributed by atoms with Crippen molar-refractivity contribution in [1.29, 1.82) is 0 Å². The molecule has 20 nitrogen and oxygen atoms in total. The minimum absolute atomic E-state index is 0.00437. The van der Waals surface area contributed by atoms with Crippen molar-refractivity contribution < 1.29 is 47.6 Å². The average molecular weight is 1150 g/mol. The smallest absolute Gasteiger partial charge is 0.251 e. The lowest BCUT2D eigenvalue weighted by Gasteiger charge is -2.35. The zero-order valence-electron chi connectivity index (χ0n) is 47.7. The van der Waals surface area contributed by atoms with Crippen LogP contribution in [0.2, 0.25) is 0 Å². The highest BCUT2D eigenvalue weighted by molar-refractivity contribution is 7.13. The molecule has 4 heterocycles. The Morgan fingerprint density at radius 2 is 1.52 bits per heavy atom. The molecule has 1 aliphatic rings. The van der Waals surface area contributed by atoms with Gasteiger partial charge in [-0.25, -0.2) is 19.3 Å². The maximum Gasteiger partial charge on any atom is 0.251 e. The van der Waals surface area contributed by atoms with Gasteiger partial charge in [-0.05, 0) is 98.0 Å². The second kappa shape index (κ2) is 31.8. The van der Waals surface area contributed by atoms with Gasteiger partial charge in [-0.3, -0.25) is 19.2 Å². The van der Waals surface area contributed by atoms with Crippen molar-refractivity contribution in [3.8, 4) is 27.7 Å². The molecule has 1 saturated heterocycles. The summed E-state index contributed by atoms with van der Waals surface area (Å²) >= 11 is 1.58. The van der Waals surface area contributed by atoms with Crippen LogP contribution >= 0.6 is 11.3 Å². The Labute approximate surface area is 483 Å². The summed E-state index contributed by atoms with van der Waals surface area (Å²) < 4.78 is 39.6. The molecule has 1 aliphatic heterocycles. The molecule has 0 spiro atoms. The van der Waals surface area contributed by atoms with Crippen molar-refractivity contribution in [2.45, 2.75) is 123 Å². The van der Waals surface area contributed by atoms with E-state index < -0.39 is 29.4 Å². The third kappa shape index (κ3) is 19.2. The number of thiazole rings is 1. The Bertz CT molecular complexity index is 2970. The van der Waals surface area contributed by atoms with Crippen LogP contribution < -0.4 is 26.0 Å². The molecular weight excluding hydrogens is 1070 g/mol. The number of aliphatic hydroxyl groups is 1. The Morgan fingerprint density at radius 3 is 2.22 bits per heavy atom. The van der Waals surface area contributed by atoms with E-state index in [0.717, 1.165) is 60.2 Å². The number of aliphatic hydroxyl groups excluding tert-OH is 1. The number of hydrogen-bond donors (Lipinski definition) is 5. The van der Waals surface area contributed by atoms with E-state index in [1.54, 1.807) is 53.9 Å². The van der Waals surface area contributed by atoms with Gasteiger partial charge in [0.25, 0.3) is 5.91 Å². The molecule has 0 radical (unpaired) electrons. The van der Waals surface area contributed by atoms with E-state index in [1.807, 2.05) is 75.2 Å². The van der Waals surface area contributed by atoms with Crippen molar-refractivity contribution in [2.24, 2.45) is 12.5 Å². The molecule has 7 rings (SSSR count). The summed E-state index contributed by atoms with van der Waals surface area (Å²) in [7, 11) is 1.85. The van der Waals surface area contributed by atoms with Crippen LogP contribution in [0.25, 0.3) is 22.0 Å². The molecule has 4 amide bonds. The van der Waals surface area contributed by atoms with Crippen LogP contribution in [0.15, 0.2) is 90.8 Å². The molecule has 1 fully saturated rings. The second-order valence-electron chi connectivity index (χ2n) is 21.3. The van der Waals surface area contributed by atoms with E-state index >= 15 is 0 Å². The molecule has 3 atom stereocenters. The minimum atomic E-state index is -0.879. The first kappa shape index (κ1) is 62.4. The highest BCUT2D eigenvalue weighted by Gasteiger charge is 2.44. The lowest BCUT2D eigenvalue weighted by atomic mass is 9.85. The van der Waals surface area contributed by atoms with Crippen molar-refractivity contribution in [3.05, 3.63) is 125 Å². The van der Waals surface area contributed by atoms with E-state index in [9.17, 15) is 28.7 Å². The zero-order valence-corrected chi connectivity index (χ0v) is 48.5. The van der Waals surface area contributed by atoms with Gasteiger partial charge < -0.3 is 54.8 Å². The summed E-state index contributed by atoms with van der Waals surface area (Å²) in [6, 6.07) is 19.5. The Kier molecular flexibility index (Phi) is 24.2. The highest BCUT2D eigenvalue weighted by atomic mass is 32.1. The molecule has 3 aromatic heterocycles. The number of rotatable bonds is 33. The zero-order chi connectivity index (χ0) is 58.3. The number of hydrogen-bond acceptors (Lipinski definition) is 16. The number of nitrogens with zero attached hydrogens (tertiary/aromatic N) is 7. The second-order valence-corrected chi connectivity index (χ2v) is 22.2. The Morgan fingerprint density at radius 1 is 0.805 bits per heavy atom. The number of halogens is 1. The van der Waals surface area contributed by atoms with E-state index in [1.165, 1.54) is 17.3 Å². The van der Waals surface area contributed by atoms with Crippen molar-refractivity contribution >= 4 is 40.7 Å². The molecule has 0 unspecified atom stereocenters. The fourth-order valence-corrected chi connectivity index (χ4v) is 10.1. The molecule has 0 saturated carbocycles. The maximum atomic E-state index is 14.8. The molecule has 82 heavy (non-hydrogen) atoms. The molecular formula is C60H78FN11O9S. The SMILES string of the molecule is Cc1ncsc1-c1ccc(CNC(=O)[C@@H]2C[C@@H](O)CN2C(=O)[C@@H](NC(=O)CCCCCOCCOCCOCCCCCCOc2ccc(F)c(CNC(=O)c3cccc(NCc4nnc(-c5ccncn5)n4C)c3)c2)C(C)(C)C)cc1. The van der Waals surface area contributed by atoms with Crippen LogP contribution in [0.3, 0.4) is 0 Å². The summed E-state index contributed by atoms with van der Waals surface area (Å²) in [6.45, 7) is 11.7. The van der Waals surface area contributed by atoms with Gasteiger partial charge in [-0.15, -0.1) is 21.5 Å². The lowest BCUT2D eigenvalue weighted by Crippen LogP contribution is -2.57. The van der Waals surface area contributed by atoms with Crippen molar-refractivity contribution in [2.75, 3.05) is 58.1 Å². The standard InChI is InChI=1S/C60H78FN11O9S/c1-41-54(82-40-67-41)43-19-17-42(18-20-43)35-64-58(76)51-34-47(73)38-72(51)59(77)55(60(2,3)4)68-53(74)16-9-8-11-26-79-29-31-80-30-28-78-25-10-6-7-12-27-81-48-21-22-49(61)45(33-48)36-65-57(75)44-14-13-15-46(32-44)63-37-52-69-70-56(71(52)5)50-23-24-62-39-66-50/h13-15,17-24,32-33,39-40,47,51,55,63,73H,6-12,16,25-31,34-38H2,1-5H3,(H,64,76)(H,65,75)(H,68,74)/t47-,51+,55-/m1/s1. The van der Waals surface area contributed by atoms with E-state index in [-0.39, 0.29) is 56.1 Å². The monoisotopic (exact) mass is 1150 g/mol. The third-order valence-corrected chi connectivity index (χ3v) is 14.9. The average Bonchev–Trinajstić information content (AvgIpc) is 4.41. The summed E-state index contributed by atoms with van der Waals surface area (Å²) in [4.78, 5) is 68.6. The molecule has 440 valence electrons. The number of benzene rings is 3. The summed E-state index contributed by atoms with van der Waals surface area (Å²) in [5.74, 6) is 0.0805. The first-order chi connectivity index (χ1) is 39.6. The van der Waals surface area contributed by atoms with Crippen LogP contribution in [0, 0.1) is 18.2 Å². The summed E-state index contributed by atoms with van der Waals surface area (Å²) in [5, 5.41) is 31.1. The molecule has 3 aromatic carbocycles. The number of likely N-dealkylation sites (tertiary alicyclic amines) is 1. The highest BCUT2D eigenvalue weighted by Crippen LogP contribution is 2.29. The molecule has 5 N–H and O–H groups in total. The van der Waals surface area contributed by atoms with Crippen LogP contribution in [0.1, 0.15) is 112 Å². The topological polar surface area (TPSA) is 246 Å². The normalized spacial score (nSPS) is 14.6. The molecule has 22 heteroatoms. The van der Waals surface area contributed by atoms with Gasteiger partial charge in [-0.2, -0.15) is 0 Å². The largest absolute Gasteiger partial charge is 0.494 e. The maximum absolute atomic E-state index is 14.8. The van der Waals surface area contributed by atoms with Gasteiger partial charge in [0.2, 0.25) is 17.7 Å². The van der Waals surface area contributed by atoms with Crippen molar-refractivity contribution in [3.63, 3.8) is 0 Å². The first-order valence-corrected chi connectivity index (χ1v) is 29.0. The van der Waals surface area contributed by atoms with Crippen LogP contribution in [0.5, 0.6) is 5.75 Å².